The third kappa shape index (κ3) is 3.89. The third-order valence-corrected chi connectivity index (χ3v) is 5.38. The van der Waals surface area contributed by atoms with Crippen molar-refractivity contribution in [3.63, 3.8) is 0 Å². The van der Waals surface area contributed by atoms with Gasteiger partial charge in [0.25, 0.3) is 5.69 Å². The lowest BCUT2D eigenvalue weighted by molar-refractivity contribution is -0.385. The Kier molecular flexibility index (Phi) is 5.87. The Morgan fingerprint density at radius 2 is 2.04 bits per heavy atom. The second-order valence-electron chi connectivity index (χ2n) is 6.67. The molecule has 0 amide bonds. The lowest BCUT2D eigenvalue weighted by atomic mass is 10.1. The molecule has 0 aliphatic carbocycles. The Hall–Kier alpha value is -1.60. The molecule has 132 valence electrons. The Bertz CT molecular complexity index is 659. The lowest BCUT2D eigenvalue weighted by Gasteiger charge is -2.29. The second-order valence-corrected chi connectivity index (χ2v) is 7.66. The maximum absolute atomic E-state index is 11.1. The molecular weight excluding hydrogens is 326 g/mol. The number of rotatable bonds is 5. The van der Waals surface area contributed by atoms with Gasteiger partial charge in [0.2, 0.25) is 0 Å². The summed E-state index contributed by atoms with van der Waals surface area (Å²) in [7, 11) is 0. The van der Waals surface area contributed by atoms with Crippen LogP contribution in [0, 0.1) is 29.9 Å². The number of nitrogens with zero attached hydrogens (tertiary/aromatic N) is 3. The van der Waals surface area contributed by atoms with E-state index in [1.54, 1.807) is 24.8 Å². The Balaban J connectivity index is 2.39. The van der Waals surface area contributed by atoms with Crippen LogP contribution in [0.2, 0.25) is 0 Å². The number of aliphatic hydroxyl groups excluding tert-OH is 1. The van der Waals surface area contributed by atoms with Gasteiger partial charge in [0.1, 0.15) is 0 Å². The number of aliphatic hydroxyl groups is 1. The molecule has 0 saturated carbocycles. The monoisotopic (exact) mass is 351 g/mol. The lowest BCUT2D eigenvalue weighted by Crippen LogP contribution is -2.43. The van der Waals surface area contributed by atoms with Crippen LogP contribution < -0.4 is 0 Å². The van der Waals surface area contributed by atoms with E-state index in [0.29, 0.717) is 11.5 Å². The minimum atomic E-state index is -0.427. The first-order valence-electron chi connectivity index (χ1n) is 8.13. The summed E-state index contributed by atoms with van der Waals surface area (Å²) in [5, 5.41) is 22.0. The van der Waals surface area contributed by atoms with Crippen molar-refractivity contribution >= 4 is 28.3 Å². The average Bonchev–Trinajstić information content (AvgIpc) is 2.86. The molecule has 24 heavy (non-hydrogen) atoms. The van der Waals surface area contributed by atoms with Crippen LogP contribution in [-0.4, -0.2) is 44.5 Å². The molecule has 0 spiro atoms. The molecule has 2 rings (SSSR count). The summed E-state index contributed by atoms with van der Waals surface area (Å²) >= 11 is 1.63. The number of benzene rings is 1. The molecule has 7 heteroatoms. The van der Waals surface area contributed by atoms with Crippen molar-refractivity contribution in [3.05, 3.63) is 33.4 Å². The van der Waals surface area contributed by atoms with Gasteiger partial charge in [0.15, 0.2) is 5.17 Å². The molecule has 1 aromatic carbocycles. The molecule has 0 unspecified atom stereocenters. The Morgan fingerprint density at radius 1 is 1.38 bits per heavy atom. The van der Waals surface area contributed by atoms with Crippen molar-refractivity contribution in [2.75, 3.05) is 12.3 Å². The molecule has 1 aromatic rings. The highest BCUT2D eigenvalue weighted by molar-refractivity contribution is 8.14. The van der Waals surface area contributed by atoms with Gasteiger partial charge in [-0.15, -0.1) is 0 Å². The van der Waals surface area contributed by atoms with Gasteiger partial charge >= 0.3 is 0 Å². The standard InChI is InChI=1S/C17H25N3O3S/c1-10(2)8-19-16(13(5)21)9-24-17(19)18-14-6-7-15(20(22)23)12(4)11(14)3/h6-7,10,13,16,21H,8-9H2,1-5H3/b18-17-/t13-,16+/m1/s1. The van der Waals surface area contributed by atoms with Crippen molar-refractivity contribution in [2.45, 2.75) is 46.8 Å². The van der Waals surface area contributed by atoms with Gasteiger partial charge in [-0.1, -0.05) is 25.6 Å². The quantitative estimate of drug-likeness (QED) is 0.647. The van der Waals surface area contributed by atoms with Crippen molar-refractivity contribution in [3.8, 4) is 0 Å². The minimum absolute atomic E-state index is 0.0515. The fraction of sp³-hybridized carbons (Fsp3) is 0.588. The Morgan fingerprint density at radius 3 is 2.58 bits per heavy atom. The highest BCUT2D eigenvalue weighted by Crippen LogP contribution is 2.33. The van der Waals surface area contributed by atoms with Gasteiger partial charge in [0.05, 0.1) is 22.8 Å². The molecule has 2 atom stereocenters. The van der Waals surface area contributed by atoms with Crippen LogP contribution >= 0.6 is 11.8 Å². The Labute approximate surface area is 147 Å². The molecule has 0 aromatic heterocycles. The van der Waals surface area contributed by atoms with Gasteiger partial charge < -0.3 is 10.0 Å². The topological polar surface area (TPSA) is 79.0 Å². The molecule has 1 N–H and O–H groups in total. The van der Waals surface area contributed by atoms with Crippen LogP contribution in [0.1, 0.15) is 31.9 Å². The first-order chi connectivity index (χ1) is 11.2. The van der Waals surface area contributed by atoms with E-state index in [9.17, 15) is 15.2 Å². The van der Waals surface area contributed by atoms with Gasteiger partial charge in [-0.3, -0.25) is 10.1 Å². The van der Waals surface area contributed by atoms with Crippen LogP contribution in [0.25, 0.3) is 0 Å². The maximum Gasteiger partial charge on any atom is 0.272 e. The number of hydrogen-bond acceptors (Lipinski definition) is 5. The van der Waals surface area contributed by atoms with Crippen molar-refractivity contribution in [2.24, 2.45) is 10.9 Å². The SMILES string of the molecule is Cc1c(/N=C2\SC[C@@H]([C@@H](C)O)N2CC(C)C)ccc([N+](=O)[O-])c1C. The smallest absolute Gasteiger partial charge is 0.272 e. The first-order valence-corrected chi connectivity index (χ1v) is 9.11. The predicted octanol–water partition coefficient (Wildman–Crippen LogP) is 3.65. The number of hydrogen-bond donors (Lipinski definition) is 1. The van der Waals surface area contributed by atoms with Crippen LogP contribution in [0.4, 0.5) is 11.4 Å². The second kappa shape index (κ2) is 7.53. The molecule has 6 nitrogen and oxygen atoms in total. The van der Waals surface area contributed by atoms with E-state index in [0.717, 1.165) is 28.7 Å². The maximum atomic E-state index is 11.1. The molecular formula is C17H25N3O3S. The van der Waals surface area contributed by atoms with E-state index in [1.807, 2.05) is 13.8 Å². The van der Waals surface area contributed by atoms with E-state index in [4.69, 9.17) is 4.99 Å². The minimum Gasteiger partial charge on any atom is -0.391 e. The van der Waals surface area contributed by atoms with E-state index in [2.05, 4.69) is 18.7 Å². The van der Waals surface area contributed by atoms with Crippen LogP contribution in [0.5, 0.6) is 0 Å². The zero-order chi connectivity index (χ0) is 18.0. The van der Waals surface area contributed by atoms with E-state index in [1.165, 1.54) is 6.07 Å². The fourth-order valence-corrected chi connectivity index (χ4v) is 4.11. The summed E-state index contributed by atoms with van der Waals surface area (Å²) in [5.41, 5.74) is 2.34. The van der Waals surface area contributed by atoms with Crippen LogP contribution in [-0.2, 0) is 0 Å². The van der Waals surface area contributed by atoms with Gasteiger partial charge in [-0.25, -0.2) is 4.99 Å². The molecule has 1 heterocycles. The van der Waals surface area contributed by atoms with Crippen molar-refractivity contribution in [1.29, 1.82) is 0 Å². The summed E-state index contributed by atoms with van der Waals surface area (Å²) < 4.78 is 0. The van der Waals surface area contributed by atoms with E-state index in [-0.39, 0.29) is 16.7 Å². The van der Waals surface area contributed by atoms with Crippen LogP contribution in [0.15, 0.2) is 17.1 Å². The largest absolute Gasteiger partial charge is 0.391 e. The van der Waals surface area contributed by atoms with Crippen LogP contribution in [0.3, 0.4) is 0 Å². The molecule has 1 aliphatic rings. The van der Waals surface area contributed by atoms with Gasteiger partial charge in [-0.2, -0.15) is 0 Å². The number of nitro benzene ring substituents is 1. The number of amidine groups is 1. The van der Waals surface area contributed by atoms with Gasteiger partial charge in [-0.05, 0) is 38.3 Å². The molecule has 1 aliphatic heterocycles. The fourth-order valence-electron chi connectivity index (χ4n) is 2.79. The summed E-state index contributed by atoms with van der Waals surface area (Å²) in [5.74, 6) is 1.25. The molecule has 0 bridgehead atoms. The van der Waals surface area contributed by atoms with E-state index >= 15 is 0 Å². The highest BCUT2D eigenvalue weighted by atomic mass is 32.2. The van der Waals surface area contributed by atoms with Crippen molar-refractivity contribution < 1.29 is 10.0 Å². The first kappa shape index (κ1) is 18.7. The normalized spacial score (nSPS) is 20.9. The number of thioether (sulfide) groups is 1. The number of aliphatic imine (C=N–C) groups is 1. The summed E-state index contributed by atoms with van der Waals surface area (Å²) in [4.78, 5) is 17.6. The molecule has 1 fully saturated rings. The molecule has 1 saturated heterocycles. The summed E-state index contributed by atoms with van der Waals surface area (Å²) in [6.45, 7) is 10.5. The third-order valence-electron chi connectivity index (χ3n) is 4.29. The van der Waals surface area contributed by atoms with E-state index < -0.39 is 6.10 Å². The summed E-state index contributed by atoms with van der Waals surface area (Å²) in [6.07, 6.45) is -0.427. The molecule has 0 radical (unpaired) electrons. The summed E-state index contributed by atoms with van der Waals surface area (Å²) in [6, 6.07) is 3.27. The number of nitro groups is 1. The van der Waals surface area contributed by atoms with Gasteiger partial charge in [0, 0.05) is 23.9 Å². The zero-order valence-corrected chi connectivity index (χ0v) is 15.6. The zero-order valence-electron chi connectivity index (χ0n) is 14.8. The predicted molar refractivity (Wildman–Crippen MR) is 99.1 cm³/mol. The highest BCUT2D eigenvalue weighted by Gasteiger charge is 2.33. The van der Waals surface area contributed by atoms with Crippen molar-refractivity contribution in [1.82, 2.24) is 4.90 Å². The average molecular weight is 351 g/mol.